The molecule has 7 unspecified atom stereocenters. The monoisotopic (exact) mass is 856 g/mol. The summed E-state index contributed by atoms with van der Waals surface area (Å²) in [5, 5.41) is 53.6. The van der Waals surface area contributed by atoms with Gasteiger partial charge in [-0.25, -0.2) is 0 Å². The lowest BCUT2D eigenvalue weighted by atomic mass is 9.99. The maximum absolute atomic E-state index is 12.8. The second kappa shape index (κ2) is 41.4. The fourth-order valence-corrected chi connectivity index (χ4v) is 7.14. The lowest BCUT2D eigenvalue weighted by Crippen LogP contribution is -2.60. The fourth-order valence-electron chi connectivity index (χ4n) is 7.14. The third kappa shape index (κ3) is 31.8. The van der Waals surface area contributed by atoms with Crippen LogP contribution in [0.4, 0.5) is 0 Å². The summed E-state index contributed by atoms with van der Waals surface area (Å²) >= 11 is 0. The first-order chi connectivity index (χ1) is 29.8. The van der Waals surface area contributed by atoms with Crippen LogP contribution in [0.3, 0.4) is 0 Å². The average molecular weight is 856 g/mol. The van der Waals surface area contributed by atoms with Crippen LogP contribution in [0.25, 0.3) is 0 Å². The van der Waals surface area contributed by atoms with Crippen LogP contribution in [0.1, 0.15) is 181 Å². The normalized spacial score (nSPS) is 21.2. The Labute approximate surface area is 371 Å². The second-order valence-electron chi connectivity index (χ2n) is 16.5. The summed E-state index contributed by atoms with van der Waals surface area (Å²) in [6, 6.07) is -0.719. The summed E-state index contributed by atoms with van der Waals surface area (Å²) in [5.41, 5.74) is 0. The van der Waals surface area contributed by atoms with Crippen molar-refractivity contribution in [1.29, 1.82) is 0 Å². The number of carbonyl (C=O) groups is 1. The Morgan fingerprint density at radius 3 is 1.48 bits per heavy atom. The first-order valence-corrected chi connectivity index (χ1v) is 24.3. The van der Waals surface area contributed by atoms with Crippen LogP contribution in [-0.4, -0.2) is 87.5 Å². The number of unbranched alkanes of at least 4 members (excludes halogenated alkanes) is 15. The second-order valence-corrected chi connectivity index (χ2v) is 16.5. The standard InChI is InChI=1S/C52H89NO8/c1-3-5-7-8-9-10-11-12-13-14-15-16-17-18-19-20-21-22-23-24-25-26-27-28-29-30-31-32-33-34-35-36-37-38-40-42-48(56)53-45(46(55)41-39-6-4-2)44-60-52-51(59)50(58)49(57)47(43-54)61-52/h5,7,9-10,12-13,15-16,18-19,21-22,24-25,45-47,49-52,54-55,57-59H,3-4,6,8,11,14,17,20,23,26-44H2,1-2H3,(H,53,56)/b7-5-,10-9-,13-12-,16-15-,19-18-,22-21-,25-24-. The van der Waals surface area contributed by atoms with E-state index in [4.69, 9.17) is 9.47 Å². The van der Waals surface area contributed by atoms with Crippen molar-refractivity contribution in [3.63, 3.8) is 0 Å². The lowest BCUT2D eigenvalue weighted by Gasteiger charge is -2.40. The lowest BCUT2D eigenvalue weighted by molar-refractivity contribution is -0.302. The van der Waals surface area contributed by atoms with Crippen molar-refractivity contribution in [2.45, 2.75) is 224 Å². The van der Waals surface area contributed by atoms with E-state index in [-0.39, 0.29) is 12.5 Å². The van der Waals surface area contributed by atoms with Gasteiger partial charge in [-0.15, -0.1) is 0 Å². The van der Waals surface area contributed by atoms with Crippen molar-refractivity contribution in [2.24, 2.45) is 0 Å². The minimum absolute atomic E-state index is 0.147. The molecule has 6 N–H and O–H groups in total. The Morgan fingerprint density at radius 1 is 0.574 bits per heavy atom. The first-order valence-electron chi connectivity index (χ1n) is 24.3. The Hall–Kier alpha value is -2.63. The summed E-state index contributed by atoms with van der Waals surface area (Å²) in [4.78, 5) is 12.8. The molecular formula is C52H89NO8. The highest BCUT2D eigenvalue weighted by atomic mass is 16.7. The quantitative estimate of drug-likeness (QED) is 0.0264. The van der Waals surface area contributed by atoms with Crippen LogP contribution in [0.2, 0.25) is 0 Å². The number of hydrogen-bond acceptors (Lipinski definition) is 8. The Balaban J connectivity index is 2.01. The van der Waals surface area contributed by atoms with E-state index in [1.807, 2.05) is 0 Å². The number of nitrogens with one attached hydrogen (secondary N) is 1. The molecule has 0 radical (unpaired) electrons. The van der Waals surface area contributed by atoms with Crippen LogP contribution < -0.4 is 5.32 Å². The minimum atomic E-state index is -1.55. The molecule has 0 bridgehead atoms. The number of ether oxygens (including phenoxy) is 2. The van der Waals surface area contributed by atoms with E-state index in [9.17, 15) is 30.3 Å². The first kappa shape index (κ1) is 56.4. The molecule has 0 aromatic rings. The number of carbonyl (C=O) groups excluding carboxylic acids is 1. The number of rotatable bonds is 39. The smallest absolute Gasteiger partial charge is 0.220 e. The largest absolute Gasteiger partial charge is 0.394 e. The molecule has 0 aliphatic carbocycles. The zero-order valence-electron chi connectivity index (χ0n) is 38.4. The number of hydrogen-bond donors (Lipinski definition) is 6. The van der Waals surface area contributed by atoms with Crippen LogP contribution in [0.5, 0.6) is 0 Å². The summed E-state index contributed by atoms with van der Waals surface area (Å²) in [7, 11) is 0. The topological polar surface area (TPSA) is 149 Å². The van der Waals surface area contributed by atoms with Crippen LogP contribution in [0.15, 0.2) is 85.1 Å². The van der Waals surface area contributed by atoms with Crippen molar-refractivity contribution < 1.29 is 39.8 Å². The summed E-state index contributed by atoms with van der Waals surface area (Å²) in [6.45, 7) is 3.53. The third-order valence-corrected chi connectivity index (χ3v) is 11.0. The number of amides is 1. The van der Waals surface area contributed by atoms with E-state index < -0.39 is 49.5 Å². The molecule has 0 saturated carbocycles. The van der Waals surface area contributed by atoms with Crippen molar-refractivity contribution in [3.05, 3.63) is 85.1 Å². The van der Waals surface area contributed by atoms with Crippen molar-refractivity contribution in [1.82, 2.24) is 5.32 Å². The Kier molecular flexibility index (Phi) is 38.3. The molecule has 350 valence electrons. The molecule has 1 amide bonds. The van der Waals surface area contributed by atoms with Crippen LogP contribution in [-0.2, 0) is 14.3 Å². The molecular weight excluding hydrogens is 767 g/mol. The van der Waals surface area contributed by atoms with E-state index in [1.165, 1.54) is 70.6 Å². The minimum Gasteiger partial charge on any atom is -0.394 e. The van der Waals surface area contributed by atoms with Gasteiger partial charge in [-0.1, -0.05) is 189 Å². The molecule has 0 spiro atoms. The maximum atomic E-state index is 12.8. The van der Waals surface area contributed by atoms with Crippen LogP contribution in [0, 0.1) is 0 Å². The zero-order chi connectivity index (χ0) is 44.4. The fraction of sp³-hybridized carbons (Fsp3) is 0.712. The summed E-state index contributed by atoms with van der Waals surface area (Å²) < 4.78 is 11.1. The number of aliphatic hydroxyl groups excluding tert-OH is 5. The van der Waals surface area contributed by atoms with Gasteiger partial charge in [-0.05, 0) is 70.6 Å². The van der Waals surface area contributed by atoms with Gasteiger partial charge >= 0.3 is 0 Å². The molecule has 61 heavy (non-hydrogen) atoms. The van der Waals surface area contributed by atoms with E-state index in [2.05, 4.69) is 104 Å². The van der Waals surface area contributed by atoms with Gasteiger partial charge in [-0.2, -0.15) is 0 Å². The molecule has 1 fully saturated rings. The van der Waals surface area contributed by atoms with E-state index >= 15 is 0 Å². The molecule has 9 nitrogen and oxygen atoms in total. The summed E-state index contributed by atoms with van der Waals surface area (Å²) in [5.74, 6) is -0.162. The molecule has 0 aromatic carbocycles. The molecule has 0 aromatic heterocycles. The predicted octanol–water partition coefficient (Wildman–Crippen LogP) is 10.7. The van der Waals surface area contributed by atoms with E-state index in [0.717, 1.165) is 83.5 Å². The number of allylic oxidation sites excluding steroid dienone is 14. The predicted molar refractivity (Wildman–Crippen MR) is 253 cm³/mol. The molecule has 1 aliphatic rings. The summed E-state index contributed by atoms with van der Waals surface area (Å²) in [6.07, 6.45) is 51.4. The Bertz CT molecular complexity index is 1220. The van der Waals surface area contributed by atoms with Gasteiger partial charge in [0, 0.05) is 6.42 Å². The van der Waals surface area contributed by atoms with Gasteiger partial charge in [0.2, 0.25) is 5.91 Å². The molecule has 7 atom stereocenters. The number of aliphatic hydroxyl groups is 5. The van der Waals surface area contributed by atoms with E-state index in [0.29, 0.717) is 12.8 Å². The van der Waals surface area contributed by atoms with Gasteiger partial charge in [0.1, 0.15) is 24.4 Å². The highest BCUT2D eigenvalue weighted by Gasteiger charge is 2.44. The highest BCUT2D eigenvalue weighted by Crippen LogP contribution is 2.23. The van der Waals surface area contributed by atoms with Gasteiger partial charge < -0.3 is 40.3 Å². The third-order valence-electron chi connectivity index (χ3n) is 11.0. The van der Waals surface area contributed by atoms with Gasteiger partial charge in [0.15, 0.2) is 6.29 Å². The van der Waals surface area contributed by atoms with Gasteiger partial charge in [0.05, 0.1) is 25.4 Å². The van der Waals surface area contributed by atoms with Crippen molar-refractivity contribution in [2.75, 3.05) is 13.2 Å². The van der Waals surface area contributed by atoms with Crippen molar-refractivity contribution in [3.8, 4) is 0 Å². The molecule has 1 rings (SSSR count). The van der Waals surface area contributed by atoms with Gasteiger partial charge in [-0.3, -0.25) is 4.79 Å². The molecule has 1 heterocycles. The highest BCUT2D eigenvalue weighted by molar-refractivity contribution is 5.76. The average Bonchev–Trinajstić information content (AvgIpc) is 3.26. The molecule has 1 aliphatic heterocycles. The zero-order valence-corrected chi connectivity index (χ0v) is 38.4. The molecule has 1 saturated heterocycles. The maximum Gasteiger partial charge on any atom is 0.220 e. The van der Waals surface area contributed by atoms with Crippen molar-refractivity contribution >= 4 is 5.91 Å². The Morgan fingerprint density at radius 2 is 1.02 bits per heavy atom. The van der Waals surface area contributed by atoms with Crippen LogP contribution >= 0.6 is 0 Å². The molecule has 9 heteroatoms. The van der Waals surface area contributed by atoms with Gasteiger partial charge in [0.25, 0.3) is 0 Å². The van der Waals surface area contributed by atoms with E-state index in [1.54, 1.807) is 0 Å². The SMILES string of the molecule is CC/C=C\C/C=C\C/C=C\C/C=C\C/C=C\C/C=C\C/C=C\CCCCCCCCCCCCCCCC(=O)NC(COC1OC(CO)C(O)C(O)C1O)C(O)CCCCC.